The average molecular weight is 403 g/mol. The van der Waals surface area contributed by atoms with Crippen LogP contribution in [0.1, 0.15) is 35.7 Å². The quantitative estimate of drug-likeness (QED) is 0.741. The van der Waals surface area contributed by atoms with Gasteiger partial charge in [0.2, 0.25) is 5.91 Å². The number of carbonyl (C=O) groups is 2. The van der Waals surface area contributed by atoms with Gasteiger partial charge >= 0.3 is 0 Å². The van der Waals surface area contributed by atoms with E-state index in [0.29, 0.717) is 24.4 Å². The van der Waals surface area contributed by atoms with Crippen LogP contribution in [0.25, 0.3) is 0 Å². The fourth-order valence-electron chi connectivity index (χ4n) is 3.31. The highest BCUT2D eigenvalue weighted by Crippen LogP contribution is 2.16. The number of nitrogens with zero attached hydrogens (tertiary/aromatic N) is 3. The number of hydrogen-bond donors (Lipinski definition) is 0. The van der Waals surface area contributed by atoms with Crippen LogP contribution in [0.2, 0.25) is 0 Å². The van der Waals surface area contributed by atoms with Crippen molar-refractivity contribution < 1.29 is 23.2 Å². The summed E-state index contributed by atoms with van der Waals surface area (Å²) in [7, 11) is 0. The van der Waals surface area contributed by atoms with Crippen molar-refractivity contribution in [1.29, 1.82) is 0 Å². The number of hydrogen-bond acceptors (Lipinski definition) is 5. The van der Waals surface area contributed by atoms with E-state index in [1.165, 1.54) is 11.0 Å². The summed E-state index contributed by atoms with van der Waals surface area (Å²) in [4.78, 5) is 28.7. The fraction of sp³-hybridized carbons (Fsp3) is 0.476. The Morgan fingerprint density at radius 3 is 2.76 bits per heavy atom. The summed E-state index contributed by atoms with van der Waals surface area (Å²) >= 11 is 0. The van der Waals surface area contributed by atoms with Gasteiger partial charge in [0.25, 0.3) is 5.91 Å². The highest BCUT2D eigenvalue weighted by Gasteiger charge is 2.32. The summed E-state index contributed by atoms with van der Waals surface area (Å²) in [5.41, 5.74) is 0.587. The Labute approximate surface area is 169 Å². The zero-order valence-electron chi connectivity index (χ0n) is 16.9. The molecule has 156 valence electrons. The van der Waals surface area contributed by atoms with Gasteiger partial charge < -0.3 is 19.1 Å². The first-order chi connectivity index (χ1) is 13.8. The highest BCUT2D eigenvalue weighted by atomic mass is 19.1. The van der Waals surface area contributed by atoms with Gasteiger partial charge in [-0.25, -0.2) is 4.39 Å². The number of ether oxygens (including phenoxy) is 1. The number of rotatable bonds is 6. The molecule has 0 spiro atoms. The summed E-state index contributed by atoms with van der Waals surface area (Å²) in [5, 5.41) is 3.76. The molecule has 2 aromatic rings. The zero-order chi connectivity index (χ0) is 21.0. The van der Waals surface area contributed by atoms with Gasteiger partial charge in [-0.1, -0.05) is 37.2 Å². The van der Waals surface area contributed by atoms with E-state index in [4.69, 9.17) is 9.26 Å². The summed E-state index contributed by atoms with van der Waals surface area (Å²) in [5.74, 6) is -0.0949. The molecule has 7 nitrogen and oxygen atoms in total. The minimum atomic E-state index is -0.447. The number of aryl methyl sites for hydroxylation is 1. The Hall–Kier alpha value is -2.74. The lowest BCUT2D eigenvalue weighted by Gasteiger charge is -2.26. The minimum absolute atomic E-state index is 0.0585. The molecule has 1 saturated heterocycles. The summed E-state index contributed by atoms with van der Waals surface area (Å²) in [6, 6.07) is 7.94. The van der Waals surface area contributed by atoms with Crippen LogP contribution in [0.15, 0.2) is 34.9 Å². The van der Waals surface area contributed by atoms with E-state index >= 15 is 0 Å². The van der Waals surface area contributed by atoms with Crippen LogP contribution in [-0.2, 0) is 16.1 Å². The molecule has 0 radical (unpaired) electrons. The number of amides is 2. The molecule has 0 unspecified atom stereocenters. The molecule has 2 amide bonds. The lowest BCUT2D eigenvalue weighted by Crippen LogP contribution is -2.40. The van der Waals surface area contributed by atoms with Crippen LogP contribution < -0.4 is 0 Å². The molecule has 1 aromatic carbocycles. The van der Waals surface area contributed by atoms with E-state index in [0.717, 1.165) is 0 Å². The predicted molar refractivity (Wildman–Crippen MR) is 104 cm³/mol. The molecule has 8 heteroatoms. The zero-order valence-corrected chi connectivity index (χ0v) is 16.9. The van der Waals surface area contributed by atoms with Crippen molar-refractivity contribution >= 4 is 11.8 Å². The van der Waals surface area contributed by atoms with Gasteiger partial charge in [-0.15, -0.1) is 0 Å². The third kappa shape index (κ3) is 5.41. The first kappa shape index (κ1) is 21.0. The molecule has 1 atom stereocenters. The Bertz CT molecular complexity index is 867. The van der Waals surface area contributed by atoms with Gasteiger partial charge in [0.1, 0.15) is 18.1 Å². The topological polar surface area (TPSA) is 75.9 Å². The molecule has 0 aliphatic carbocycles. The van der Waals surface area contributed by atoms with Gasteiger partial charge in [0.05, 0.1) is 12.7 Å². The predicted octanol–water partition coefficient (Wildman–Crippen LogP) is 2.65. The third-order valence-electron chi connectivity index (χ3n) is 4.68. The van der Waals surface area contributed by atoms with Gasteiger partial charge in [-0.3, -0.25) is 9.59 Å². The lowest BCUT2D eigenvalue weighted by atomic mass is 10.2. The molecule has 3 rings (SSSR count). The minimum Gasteiger partial charge on any atom is -0.370 e. The molecule has 0 N–H and O–H groups in total. The smallest absolute Gasteiger partial charge is 0.276 e. The first-order valence-electron chi connectivity index (χ1n) is 9.69. The number of halogens is 1. The van der Waals surface area contributed by atoms with Crippen LogP contribution in [0, 0.1) is 18.7 Å². The molecule has 1 fully saturated rings. The second-order valence-corrected chi connectivity index (χ2v) is 7.73. The van der Waals surface area contributed by atoms with Gasteiger partial charge in [0, 0.05) is 31.3 Å². The fourth-order valence-corrected chi connectivity index (χ4v) is 3.31. The molecule has 2 heterocycles. The number of carbonyl (C=O) groups excluding carboxylic acids is 2. The summed E-state index contributed by atoms with van der Waals surface area (Å²) in [6.45, 7) is 6.85. The van der Waals surface area contributed by atoms with Crippen LogP contribution >= 0.6 is 0 Å². The summed E-state index contributed by atoms with van der Waals surface area (Å²) in [6.07, 6.45) is -0.447. The molecule has 1 aliphatic rings. The van der Waals surface area contributed by atoms with Crippen molar-refractivity contribution in [3.8, 4) is 0 Å². The van der Waals surface area contributed by atoms with Gasteiger partial charge in [0.15, 0.2) is 5.69 Å². The molecular formula is C21H26FN3O4. The van der Waals surface area contributed by atoms with E-state index in [1.54, 1.807) is 36.1 Å². The Morgan fingerprint density at radius 2 is 2.10 bits per heavy atom. The molecular weight excluding hydrogens is 377 g/mol. The second kappa shape index (κ2) is 9.17. The standard InChI is InChI=1S/C21H26FN3O4/c1-14(2)9-24-10-17(28-13-16-6-4-5-7-18(16)22)11-25(12-20(24)26)21(27)19-8-15(3)29-23-19/h4-8,14,17H,9-13H2,1-3H3/t17-/m0/s1. The number of benzene rings is 1. The van der Waals surface area contributed by atoms with Crippen molar-refractivity contribution in [2.75, 3.05) is 26.2 Å². The summed E-state index contributed by atoms with van der Waals surface area (Å²) < 4.78 is 24.9. The van der Waals surface area contributed by atoms with Crippen molar-refractivity contribution in [2.24, 2.45) is 5.92 Å². The molecule has 1 aromatic heterocycles. The molecule has 29 heavy (non-hydrogen) atoms. The Morgan fingerprint density at radius 1 is 1.34 bits per heavy atom. The van der Waals surface area contributed by atoms with E-state index in [1.807, 2.05) is 13.8 Å². The Balaban J connectivity index is 1.77. The lowest BCUT2D eigenvalue weighted by molar-refractivity contribution is -0.132. The molecule has 0 bridgehead atoms. The van der Waals surface area contributed by atoms with E-state index in [-0.39, 0.29) is 48.9 Å². The van der Waals surface area contributed by atoms with Crippen molar-refractivity contribution in [1.82, 2.24) is 15.0 Å². The van der Waals surface area contributed by atoms with Crippen molar-refractivity contribution in [3.63, 3.8) is 0 Å². The van der Waals surface area contributed by atoms with Crippen LogP contribution in [0.3, 0.4) is 0 Å². The van der Waals surface area contributed by atoms with E-state index < -0.39 is 6.10 Å². The second-order valence-electron chi connectivity index (χ2n) is 7.73. The molecule has 0 saturated carbocycles. The Kier molecular flexibility index (Phi) is 6.64. The first-order valence-corrected chi connectivity index (χ1v) is 9.69. The van der Waals surface area contributed by atoms with Crippen LogP contribution in [0.4, 0.5) is 4.39 Å². The maximum atomic E-state index is 13.9. The largest absolute Gasteiger partial charge is 0.370 e. The van der Waals surface area contributed by atoms with Crippen molar-refractivity contribution in [3.05, 3.63) is 53.2 Å². The number of aromatic nitrogens is 1. The SMILES string of the molecule is Cc1cc(C(=O)N2CC(=O)N(CC(C)C)C[C@H](OCc3ccccc3F)C2)no1. The average Bonchev–Trinajstić information content (AvgIpc) is 3.04. The van der Waals surface area contributed by atoms with E-state index in [9.17, 15) is 14.0 Å². The monoisotopic (exact) mass is 403 g/mol. The maximum absolute atomic E-state index is 13.9. The highest BCUT2D eigenvalue weighted by molar-refractivity contribution is 5.95. The van der Waals surface area contributed by atoms with Crippen LogP contribution in [0.5, 0.6) is 0 Å². The van der Waals surface area contributed by atoms with Crippen molar-refractivity contribution in [2.45, 2.75) is 33.5 Å². The van der Waals surface area contributed by atoms with Crippen LogP contribution in [-0.4, -0.2) is 59.1 Å². The third-order valence-corrected chi connectivity index (χ3v) is 4.68. The van der Waals surface area contributed by atoms with E-state index in [2.05, 4.69) is 5.16 Å². The maximum Gasteiger partial charge on any atom is 0.276 e. The van der Waals surface area contributed by atoms with Gasteiger partial charge in [-0.2, -0.15) is 0 Å². The molecule has 1 aliphatic heterocycles. The normalized spacial score (nSPS) is 17.7. The van der Waals surface area contributed by atoms with Gasteiger partial charge in [-0.05, 0) is 18.9 Å².